The van der Waals surface area contributed by atoms with Gasteiger partial charge in [-0.1, -0.05) is 11.8 Å². The van der Waals surface area contributed by atoms with Gasteiger partial charge < -0.3 is 10.7 Å². The topological polar surface area (TPSA) is 107 Å². The highest BCUT2D eigenvalue weighted by atomic mass is 32.2. The smallest absolute Gasteiger partial charge is 0.191 e. The van der Waals surface area contributed by atoms with Gasteiger partial charge in [0.25, 0.3) is 0 Å². The van der Waals surface area contributed by atoms with Crippen molar-refractivity contribution in [3.05, 3.63) is 18.2 Å². The van der Waals surface area contributed by atoms with Crippen molar-refractivity contribution >= 4 is 23.4 Å². The molecule has 0 unspecified atom stereocenters. The Balaban J connectivity index is 1.95. The number of rotatable bonds is 6. The standard InChI is InChI=1S/C10H16N8S/c1-18-6-13-7(17-18)3-4-12-8-5-9(16-11)15-10(14-8)19-2/h5-6H,3-4,11H2,1-2H3,(H2,12,14,15,16). The zero-order valence-electron chi connectivity index (χ0n) is 10.8. The third kappa shape index (κ3) is 3.80. The van der Waals surface area contributed by atoms with Crippen LogP contribution in [0.25, 0.3) is 0 Å². The number of nitrogen functional groups attached to an aromatic ring is 1. The third-order valence-corrected chi connectivity index (χ3v) is 2.89. The molecule has 0 fully saturated rings. The van der Waals surface area contributed by atoms with Gasteiger partial charge in [-0.3, -0.25) is 4.68 Å². The minimum absolute atomic E-state index is 0.581. The van der Waals surface area contributed by atoms with E-state index in [9.17, 15) is 0 Å². The van der Waals surface area contributed by atoms with Crippen molar-refractivity contribution in [2.24, 2.45) is 12.9 Å². The van der Waals surface area contributed by atoms with Crippen LogP contribution in [0.4, 0.5) is 11.6 Å². The van der Waals surface area contributed by atoms with Gasteiger partial charge in [0.15, 0.2) is 11.0 Å². The maximum Gasteiger partial charge on any atom is 0.191 e. The molecule has 0 spiro atoms. The van der Waals surface area contributed by atoms with Gasteiger partial charge in [0.2, 0.25) is 0 Å². The number of hydrazine groups is 1. The van der Waals surface area contributed by atoms with E-state index in [-0.39, 0.29) is 0 Å². The monoisotopic (exact) mass is 280 g/mol. The minimum Gasteiger partial charge on any atom is -0.369 e. The Bertz CT molecular complexity index is 518. The summed E-state index contributed by atoms with van der Waals surface area (Å²) in [6.45, 7) is 0.693. The lowest BCUT2D eigenvalue weighted by Gasteiger charge is -2.07. The first-order chi connectivity index (χ1) is 9.21. The SMILES string of the molecule is CSc1nc(NN)cc(NCCc2ncn(C)n2)n1. The molecule has 9 heteroatoms. The summed E-state index contributed by atoms with van der Waals surface area (Å²) in [5.74, 6) is 7.47. The number of nitrogens with zero attached hydrogens (tertiary/aromatic N) is 5. The number of thioether (sulfide) groups is 1. The Hall–Kier alpha value is -1.87. The molecule has 0 saturated carbocycles. The van der Waals surface area contributed by atoms with Gasteiger partial charge >= 0.3 is 0 Å². The molecule has 19 heavy (non-hydrogen) atoms. The number of hydrogen-bond donors (Lipinski definition) is 3. The summed E-state index contributed by atoms with van der Waals surface area (Å²) in [7, 11) is 1.85. The van der Waals surface area contributed by atoms with Crippen molar-refractivity contribution < 1.29 is 0 Å². The second-order valence-electron chi connectivity index (χ2n) is 3.78. The first-order valence-corrected chi connectivity index (χ1v) is 6.92. The van der Waals surface area contributed by atoms with Gasteiger partial charge in [-0.2, -0.15) is 5.10 Å². The highest BCUT2D eigenvalue weighted by Crippen LogP contribution is 2.16. The molecule has 0 aliphatic rings. The minimum atomic E-state index is 0.581. The summed E-state index contributed by atoms with van der Waals surface area (Å²) in [5, 5.41) is 8.07. The number of aromatic nitrogens is 5. The zero-order valence-corrected chi connectivity index (χ0v) is 11.6. The average molecular weight is 280 g/mol. The Morgan fingerprint density at radius 3 is 2.79 bits per heavy atom. The van der Waals surface area contributed by atoms with Crippen molar-refractivity contribution in [2.45, 2.75) is 11.6 Å². The van der Waals surface area contributed by atoms with Crippen LogP contribution in [0.15, 0.2) is 17.6 Å². The third-order valence-electron chi connectivity index (χ3n) is 2.34. The van der Waals surface area contributed by atoms with Gasteiger partial charge in [0, 0.05) is 26.1 Å². The number of anilines is 2. The fourth-order valence-electron chi connectivity index (χ4n) is 1.48. The summed E-state index contributed by atoms with van der Waals surface area (Å²) < 4.78 is 1.68. The van der Waals surface area contributed by atoms with Crippen molar-refractivity contribution in [2.75, 3.05) is 23.5 Å². The fourth-order valence-corrected chi connectivity index (χ4v) is 1.86. The molecule has 0 aliphatic carbocycles. The summed E-state index contributed by atoms with van der Waals surface area (Å²) in [6.07, 6.45) is 4.32. The normalized spacial score (nSPS) is 10.5. The molecule has 8 nitrogen and oxygen atoms in total. The predicted molar refractivity (Wildman–Crippen MR) is 74.8 cm³/mol. The largest absolute Gasteiger partial charge is 0.369 e. The number of nitrogens with two attached hydrogens (primary N) is 1. The van der Waals surface area contributed by atoms with E-state index in [2.05, 4.69) is 30.8 Å². The molecule has 0 amide bonds. The lowest BCUT2D eigenvalue weighted by Crippen LogP contribution is -2.12. The van der Waals surface area contributed by atoms with Crippen LogP contribution in [-0.2, 0) is 13.5 Å². The van der Waals surface area contributed by atoms with Crippen molar-refractivity contribution in [1.29, 1.82) is 0 Å². The molecule has 0 aromatic carbocycles. The van der Waals surface area contributed by atoms with Crippen LogP contribution in [0.1, 0.15) is 5.82 Å². The molecule has 102 valence electrons. The second-order valence-corrected chi connectivity index (χ2v) is 4.55. The second kappa shape index (κ2) is 6.34. The molecule has 0 atom stereocenters. The Morgan fingerprint density at radius 2 is 2.16 bits per heavy atom. The maximum atomic E-state index is 5.36. The predicted octanol–water partition coefficient (Wildman–Crippen LogP) is 0.267. The van der Waals surface area contributed by atoms with Crippen LogP contribution in [-0.4, -0.2) is 37.5 Å². The highest BCUT2D eigenvalue weighted by molar-refractivity contribution is 7.98. The molecule has 0 aliphatic heterocycles. The van der Waals surface area contributed by atoms with Gasteiger partial charge in [0.05, 0.1) is 0 Å². The summed E-state index contributed by atoms with van der Waals surface area (Å²) in [6, 6.07) is 1.76. The molecule has 0 saturated heterocycles. The molecule has 2 rings (SSSR count). The molecular formula is C10H16N8S. The van der Waals surface area contributed by atoms with E-state index in [1.165, 1.54) is 11.8 Å². The lowest BCUT2D eigenvalue weighted by atomic mass is 10.4. The van der Waals surface area contributed by atoms with Gasteiger partial charge in [-0.15, -0.1) is 0 Å². The van der Waals surface area contributed by atoms with E-state index in [1.54, 1.807) is 17.1 Å². The molecule has 0 radical (unpaired) electrons. The van der Waals surface area contributed by atoms with E-state index in [1.807, 2.05) is 13.3 Å². The van der Waals surface area contributed by atoms with Gasteiger partial charge in [-0.05, 0) is 6.26 Å². The van der Waals surface area contributed by atoms with E-state index < -0.39 is 0 Å². The van der Waals surface area contributed by atoms with Crippen LogP contribution < -0.4 is 16.6 Å². The van der Waals surface area contributed by atoms with Crippen LogP contribution in [0, 0.1) is 0 Å². The molecule has 2 heterocycles. The zero-order chi connectivity index (χ0) is 13.7. The molecule has 0 bridgehead atoms. The van der Waals surface area contributed by atoms with Crippen LogP contribution in [0.5, 0.6) is 0 Å². The van der Waals surface area contributed by atoms with Crippen LogP contribution >= 0.6 is 11.8 Å². The van der Waals surface area contributed by atoms with Gasteiger partial charge in [0.1, 0.15) is 18.0 Å². The molecule has 4 N–H and O–H groups in total. The first kappa shape index (κ1) is 13.6. The van der Waals surface area contributed by atoms with Crippen molar-refractivity contribution in [1.82, 2.24) is 24.7 Å². The van der Waals surface area contributed by atoms with Crippen LogP contribution in [0.2, 0.25) is 0 Å². The van der Waals surface area contributed by atoms with E-state index in [0.717, 1.165) is 18.1 Å². The lowest BCUT2D eigenvalue weighted by molar-refractivity contribution is 0.741. The Morgan fingerprint density at radius 1 is 1.37 bits per heavy atom. The van der Waals surface area contributed by atoms with Crippen molar-refractivity contribution in [3.63, 3.8) is 0 Å². The summed E-state index contributed by atoms with van der Waals surface area (Å²) in [5.41, 5.74) is 2.52. The van der Waals surface area contributed by atoms with Crippen LogP contribution in [0.3, 0.4) is 0 Å². The maximum absolute atomic E-state index is 5.36. The molecular weight excluding hydrogens is 264 g/mol. The van der Waals surface area contributed by atoms with Gasteiger partial charge in [-0.25, -0.2) is 20.8 Å². The highest BCUT2D eigenvalue weighted by Gasteiger charge is 2.04. The number of nitrogens with one attached hydrogen (secondary N) is 2. The fraction of sp³-hybridized carbons (Fsp3) is 0.400. The number of hydrogen-bond acceptors (Lipinski definition) is 8. The summed E-state index contributed by atoms with van der Waals surface area (Å²) >= 11 is 1.46. The van der Waals surface area contributed by atoms with E-state index >= 15 is 0 Å². The van der Waals surface area contributed by atoms with E-state index in [0.29, 0.717) is 17.5 Å². The molecule has 2 aromatic heterocycles. The molecule has 2 aromatic rings. The average Bonchev–Trinajstić information content (AvgIpc) is 2.84. The first-order valence-electron chi connectivity index (χ1n) is 5.69. The Kier molecular flexibility index (Phi) is 4.53. The summed E-state index contributed by atoms with van der Waals surface area (Å²) in [4.78, 5) is 12.7. The number of aryl methyl sites for hydroxylation is 1. The van der Waals surface area contributed by atoms with E-state index in [4.69, 9.17) is 5.84 Å². The quantitative estimate of drug-likeness (QED) is 0.299. The Labute approximate surface area is 115 Å². The van der Waals surface area contributed by atoms with Crippen molar-refractivity contribution in [3.8, 4) is 0 Å².